The minimum absolute atomic E-state index is 0.393. The summed E-state index contributed by atoms with van der Waals surface area (Å²) in [6, 6.07) is 10.7. The first-order chi connectivity index (χ1) is 7.78. The van der Waals surface area contributed by atoms with Crippen molar-refractivity contribution in [1.82, 2.24) is 5.32 Å². The number of nitrogens with one attached hydrogen (secondary N) is 1. The summed E-state index contributed by atoms with van der Waals surface area (Å²) in [5, 5.41) is 12.1. The molecule has 0 radical (unpaired) electrons. The highest BCUT2D eigenvalue weighted by Gasteiger charge is 2.19. The molecule has 2 rings (SSSR count). The highest BCUT2D eigenvalue weighted by Crippen LogP contribution is 2.20. The lowest BCUT2D eigenvalue weighted by molar-refractivity contribution is 0.276. The number of ether oxygens (including phenoxy) is 1. The van der Waals surface area contributed by atoms with Gasteiger partial charge in [0.15, 0.2) is 6.10 Å². The monoisotopic (exact) mass is 216 g/mol. The lowest BCUT2D eigenvalue weighted by Crippen LogP contribution is -2.15. The van der Waals surface area contributed by atoms with Crippen molar-refractivity contribution in [3.8, 4) is 11.8 Å². The Bertz CT molecular complexity index is 376. The third-order valence-electron chi connectivity index (χ3n) is 2.59. The summed E-state index contributed by atoms with van der Waals surface area (Å²) in [5.74, 6) is 0.754. The van der Waals surface area contributed by atoms with Crippen molar-refractivity contribution in [2.75, 3.05) is 0 Å². The van der Waals surface area contributed by atoms with Crippen LogP contribution in [0.5, 0.6) is 5.75 Å². The fraction of sp³-hybridized carbons (Fsp3) is 0.462. The summed E-state index contributed by atoms with van der Waals surface area (Å²) in [6.45, 7) is 2.65. The van der Waals surface area contributed by atoms with Crippen molar-refractivity contribution < 1.29 is 4.74 Å². The van der Waals surface area contributed by atoms with Gasteiger partial charge in [-0.05, 0) is 37.5 Å². The van der Waals surface area contributed by atoms with Gasteiger partial charge in [0.1, 0.15) is 11.8 Å². The second-order valence-electron chi connectivity index (χ2n) is 4.19. The summed E-state index contributed by atoms with van der Waals surface area (Å²) < 4.78 is 5.37. The highest BCUT2D eigenvalue weighted by atomic mass is 16.5. The Kier molecular flexibility index (Phi) is 3.43. The average molecular weight is 216 g/mol. The van der Waals surface area contributed by atoms with E-state index in [4.69, 9.17) is 10.00 Å². The minimum Gasteiger partial charge on any atom is -0.476 e. The quantitative estimate of drug-likeness (QED) is 0.821. The third-order valence-corrected chi connectivity index (χ3v) is 2.59. The first kappa shape index (κ1) is 11.0. The fourth-order valence-electron chi connectivity index (χ4n) is 1.47. The highest BCUT2D eigenvalue weighted by molar-refractivity contribution is 5.27. The second kappa shape index (κ2) is 5.00. The number of hydrogen-bond donors (Lipinski definition) is 1. The van der Waals surface area contributed by atoms with Crippen LogP contribution in [0.4, 0.5) is 0 Å². The maximum absolute atomic E-state index is 8.62. The topological polar surface area (TPSA) is 45.0 Å². The molecular weight excluding hydrogens is 200 g/mol. The van der Waals surface area contributed by atoms with Gasteiger partial charge in [0, 0.05) is 12.6 Å². The van der Waals surface area contributed by atoms with Gasteiger partial charge in [-0.3, -0.25) is 0 Å². The number of hydrogen-bond acceptors (Lipinski definition) is 3. The lowest BCUT2D eigenvalue weighted by atomic mass is 10.2. The molecule has 16 heavy (non-hydrogen) atoms. The average Bonchev–Trinajstić information content (AvgIpc) is 3.12. The van der Waals surface area contributed by atoms with Gasteiger partial charge in [0.25, 0.3) is 0 Å². The third kappa shape index (κ3) is 3.25. The molecule has 0 heterocycles. The van der Waals surface area contributed by atoms with Crippen LogP contribution in [0.3, 0.4) is 0 Å². The van der Waals surface area contributed by atoms with Crippen LogP contribution >= 0.6 is 0 Å². The zero-order chi connectivity index (χ0) is 11.4. The van der Waals surface area contributed by atoms with Crippen molar-refractivity contribution in [3.63, 3.8) is 0 Å². The molecule has 84 valence electrons. The van der Waals surface area contributed by atoms with E-state index >= 15 is 0 Å². The van der Waals surface area contributed by atoms with Gasteiger partial charge in [-0.25, -0.2) is 0 Å². The van der Waals surface area contributed by atoms with Crippen LogP contribution in [0, 0.1) is 11.3 Å². The van der Waals surface area contributed by atoms with E-state index in [0.29, 0.717) is 0 Å². The van der Waals surface area contributed by atoms with Crippen molar-refractivity contribution in [2.24, 2.45) is 0 Å². The van der Waals surface area contributed by atoms with Crippen LogP contribution in [0.2, 0.25) is 0 Å². The van der Waals surface area contributed by atoms with E-state index in [1.54, 1.807) is 6.92 Å². The Morgan fingerprint density at radius 2 is 2.12 bits per heavy atom. The summed E-state index contributed by atoms with van der Waals surface area (Å²) in [7, 11) is 0. The maximum Gasteiger partial charge on any atom is 0.181 e. The minimum atomic E-state index is -0.393. The molecule has 1 aromatic rings. The number of rotatable bonds is 5. The van der Waals surface area contributed by atoms with Gasteiger partial charge in [-0.15, -0.1) is 0 Å². The molecule has 0 aliphatic heterocycles. The van der Waals surface area contributed by atoms with Crippen molar-refractivity contribution >= 4 is 0 Å². The maximum atomic E-state index is 8.62. The number of benzene rings is 1. The molecule has 1 aromatic carbocycles. The molecule has 0 spiro atoms. The number of nitrogens with zero attached hydrogens (tertiary/aromatic N) is 1. The van der Waals surface area contributed by atoms with E-state index in [0.717, 1.165) is 18.3 Å². The summed E-state index contributed by atoms with van der Waals surface area (Å²) in [5.41, 5.74) is 1.25. The van der Waals surface area contributed by atoms with Gasteiger partial charge in [-0.2, -0.15) is 5.26 Å². The van der Waals surface area contributed by atoms with Crippen molar-refractivity contribution in [2.45, 2.75) is 38.5 Å². The molecule has 0 aromatic heterocycles. The van der Waals surface area contributed by atoms with E-state index in [1.165, 1.54) is 18.4 Å². The van der Waals surface area contributed by atoms with E-state index < -0.39 is 6.10 Å². The lowest BCUT2D eigenvalue weighted by Gasteiger charge is -2.08. The zero-order valence-electron chi connectivity index (χ0n) is 9.44. The Morgan fingerprint density at radius 3 is 2.69 bits per heavy atom. The molecule has 1 unspecified atom stereocenters. The van der Waals surface area contributed by atoms with E-state index in [-0.39, 0.29) is 0 Å². The van der Waals surface area contributed by atoms with Crippen LogP contribution in [0.25, 0.3) is 0 Å². The molecular formula is C13H16N2O. The van der Waals surface area contributed by atoms with Gasteiger partial charge in [0.2, 0.25) is 0 Å². The molecule has 0 amide bonds. The molecule has 0 saturated heterocycles. The molecule has 0 bridgehead atoms. The standard InChI is InChI=1S/C13H16N2O/c1-10(8-14)16-13-6-2-11(3-7-13)9-15-12-4-5-12/h2-3,6-7,10,12,15H,4-5,9H2,1H3. The SMILES string of the molecule is CC(C#N)Oc1ccc(CNC2CC2)cc1. The molecule has 3 nitrogen and oxygen atoms in total. The van der Waals surface area contributed by atoms with Gasteiger partial charge >= 0.3 is 0 Å². The first-order valence-corrected chi connectivity index (χ1v) is 5.66. The molecule has 1 fully saturated rings. The largest absolute Gasteiger partial charge is 0.476 e. The first-order valence-electron chi connectivity index (χ1n) is 5.66. The van der Waals surface area contributed by atoms with E-state index in [2.05, 4.69) is 5.32 Å². The Hall–Kier alpha value is -1.53. The molecule has 1 aliphatic rings. The smallest absolute Gasteiger partial charge is 0.181 e. The second-order valence-corrected chi connectivity index (χ2v) is 4.19. The summed E-state index contributed by atoms with van der Waals surface area (Å²) >= 11 is 0. The molecule has 1 aliphatic carbocycles. The van der Waals surface area contributed by atoms with E-state index in [1.807, 2.05) is 30.3 Å². The fourth-order valence-corrected chi connectivity index (χ4v) is 1.47. The predicted molar refractivity (Wildman–Crippen MR) is 62.0 cm³/mol. The molecule has 1 atom stereocenters. The molecule has 1 saturated carbocycles. The van der Waals surface area contributed by atoms with Gasteiger partial charge in [0.05, 0.1) is 0 Å². The van der Waals surface area contributed by atoms with Crippen LogP contribution < -0.4 is 10.1 Å². The summed E-state index contributed by atoms with van der Waals surface area (Å²) in [4.78, 5) is 0. The Balaban J connectivity index is 1.85. The molecule has 1 N–H and O–H groups in total. The zero-order valence-corrected chi connectivity index (χ0v) is 9.44. The van der Waals surface area contributed by atoms with E-state index in [9.17, 15) is 0 Å². The van der Waals surface area contributed by atoms with Crippen LogP contribution in [0.1, 0.15) is 25.3 Å². The van der Waals surface area contributed by atoms with Gasteiger partial charge in [-0.1, -0.05) is 12.1 Å². The predicted octanol–water partition coefficient (Wildman–Crippen LogP) is 2.23. The Morgan fingerprint density at radius 1 is 1.44 bits per heavy atom. The number of nitriles is 1. The van der Waals surface area contributed by atoms with Crippen LogP contribution in [-0.2, 0) is 6.54 Å². The normalized spacial score (nSPS) is 16.5. The van der Waals surface area contributed by atoms with Crippen LogP contribution in [-0.4, -0.2) is 12.1 Å². The van der Waals surface area contributed by atoms with Crippen molar-refractivity contribution in [3.05, 3.63) is 29.8 Å². The van der Waals surface area contributed by atoms with Crippen LogP contribution in [0.15, 0.2) is 24.3 Å². The van der Waals surface area contributed by atoms with Gasteiger partial charge < -0.3 is 10.1 Å². The van der Waals surface area contributed by atoms with Crippen molar-refractivity contribution in [1.29, 1.82) is 5.26 Å². The molecule has 3 heteroatoms. The Labute approximate surface area is 96.0 Å². The summed E-state index contributed by atoms with van der Waals surface area (Å²) in [6.07, 6.45) is 2.22.